The molecule has 0 atom stereocenters. The van der Waals surface area contributed by atoms with Crippen molar-refractivity contribution in [2.45, 2.75) is 6.04 Å². The lowest BCUT2D eigenvalue weighted by molar-refractivity contribution is 0.347. The Hall–Kier alpha value is -1.88. The maximum absolute atomic E-state index is 13.2. The fourth-order valence-corrected chi connectivity index (χ4v) is 2.90. The topological polar surface area (TPSA) is 29.9 Å². The van der Waals surface area contributed by atoms with Crippen LogP contribution in [0.25, 0.3) is 22.4 Å². The van der Waals surface area contributed by atoms with Crippen LogP contribution in [0, 0.1) is 5.82 Å². The highest BCUT2D eigenvalue weighted by Gasteiger charge is 2.23. The fourth-order valence-electron chi connectivity index (χ4n) is 2.90. The van der Waals surface area contributed by atoms with E-state index in [0.29, 0.717) is 6.04 Å². The van der Waals surface area contributed by atoms with Gasteiger partial charge in [-0.2, -0.15) is 0 Å². The van der Waals surface area contributed by atoms with Crippen LogP contribution < -0.4 is 5.32 Å². The van der Waals surface area contributed by atoms with E-state index in [1.165, 1.54) is 17.8 Å². The van der Waals surface area contributed by atoms with E-state index in [9.17, 15) is 4.39 Å². The predicted molar refractivity (Wildman–Crippen MR) is 99.5 cm³/mol. The first-order valence-corrected chi connectivity index (χ1v) is 7.41. The van der Waals surface area contributed by atoms with Crippen LogP contribution in [0.4, 0.5) is 4.39 Å². The first kappa shape index (κ1) is 18.5. The number of nitrogens with one attached hydrogen (secondary N) is 1. The lowest BCUT2D eigenvalue weighted by Crippen LogP contribution is -2.43. The Kier molecular flexibility index (Phi) is 5.99. The van der Waals surface area contributed by atoms with Crippen LogP contribution in [0.1, 0.15) is 6.04 Å². The van der Waals surface area contributed by atoms with E-state index < -0.39 is 0 Å². The number of hydrogen-bond donors (Lipinski definition) is 1. The first-order valence-electron chi connectivity index (χ1n) is 7.41. The van der Waals surface area contributed by atoms with Gasteiger partial charge in [0.15, 0.2) is 0 Å². The van der Waals surface area contributed by atoms with Crippen molar-refractivity contribution in [2.75, 3.05) is 13.1 Å². The Morgan fingerprint density at radius 3 is 2.17 bits per heavy atom. The van der Waals surface area contributed by atoms with E-state index in [1.54, 1.807) is 12.4 Å². The highest BCUT2D eigenvalue weighted by Crippen LogP contribution is 2.35. The van der Waals surface area contributed by atoms with Gasteiger partial charge < -0.3 is 9.88 Å². The molecule has 0 unspecified atom stereocenters. The smallest absolute Gasteiger partial charge is 0.123 e. The molecule has 1 N–H and O–H groups in total. The number of pyridine rings is 1. The summed E-state index contributed by atoms with van der Waals surface area (Å²) in [5.74, 6) is -0.211. The van der Waals surface area contributed by atoms with Crippen molar-refractivity contribution >= 4 is 24.8 Å². The SMILES string of the molecule is Cl.Cl.Fc1ccc(-c2ccn(C3CNC3)c2-c2ccncc2)cc1. The Bertz CT molecular complexity index is 784. The summed E-state index contributed by atoms with van der Waals surface area (Å²) >= 11 is 0. The van der Waals surface area contributed by atoms with Gasteiger partial charge in [-0.05, 0) is 35.9 Å². The Morgan fingerprint density at radius 1 is 0.917 bits per heavy atom. The van der Waals surface area contributed by atoms with Crippen LogP contribution in [0.2, 0.25) is 0 Å². The molecule has 1 aliphatic heterocycles. The molecule has 126 valence electrons. The minimum atomic E-state index is -0.211. The van der Waals surface area contributed by atoms with Gasteiger partial charge in [-0.1, -0.05) is 12.1 Å². The van der Waals surface area contributed by atoms with Crippen molar-refractivity contribution in [1.29, 1.82) is 0 Å². The molecule has 1 aliphatic rings. The van der Waals surface area contributed by atoms with Crippen LogP contribution in [-0.2, 0) is 0 Å². The lowest BCUT2D eigenvalue weighted by atomic mass is 10.0. The molecule has 6 heteroatoms. The molecular weight excluding hydrogens is 348 g/mol. The number of halogens is 3. The van der Waals surface area contributed by atoms with Crippen molar-refractivity contribution in [1.82, 2.24) is 14.9 Å². The summed E-state index contributed by atoms with van der Waals surface area (Å²) in [7, 11) is 0. The van der Waals surface area contributed by atoms with Gasteiger partial charge in [-0.3, -0.25) is 4.98 Å². The predicted octanol–water partition coefficient (Wildman–Crippen LogP) is 4.34. The Morgan fingerprint density at radius 2 is 1.58 bits per heavy atom. The Balaban J connectivity index is 0.00000104. The van der Waals surface area contributed by atoms with Crippen molar-refractivity contribution in [3.8, 4) is 22.4 Å². The van der Waals surface area contributed by atoms with Crippen LogP contribution >= 0.6 is 24.8 Å². The number of nitrogens with zero attached hydrogens (tertiary/aromatic N) is 2. The maximum Gasteiger partial charge on any atom is 0.123 e. The molecule has 3 heterocycles. The first-order chi connectivity index (χ1) is 10.8. The quantitative estimate of drug-likeness (QED) is 0.747. The third-order valence-electron chi connectivity index (χ3n) is 4.18. The van der Waals surface area contributed by atoms with Gasteiger partial charge in [0.2, 0.25) is 0 Å². The lowest BCUT2D eigenvalue weighted by Gasteiger charge is -2.30. The molecule has 4 rings (SSSR count). The van der Waals surface area contributed by atoms with Crippen LogP contribution in [0.5, 0.6) is 0 Å². The molecule has 0 bridgehead atoms. The van der Waals surface area contributed by atoms with E-state index in [-0.39, 0.29) is 30.6 Å². The highest BCUT2D eigenvalue weighted by atomic mass is 35.5. The molecule has 3 aromatic rings. The molecule has 0 amide bonds. The number of benzene rings is 1. The molecule has 1 aromatic carbocycles. The molecule has 0 saturated carbocycles. The molecule has 2 aromatic heterocycles. The second-order valence-electron chi connectivity index (χ2n) is 5.54. The molecule has 0 aliphatic carbocycles. The minimum Gasteiger partial charge on any atom is -0.341 e. The van der Waals surface area contributed by atoms with E-state index >= 15 is 0 Å². The fraction of sp³-hybridized carbons (Fsp3) is 0.167. The summed E-state index contributed by atoms with van der Waals surface area (Å²) in [6.45, 7) is 1.96. The molecular formula is C18H18Cl2FN3. The number of hydrogen-bond acceptors (Lipinski definition) is 2. The summed E-state index contributed by atoms with van der Waals surface area (Å²) in [5.41, 5.74) is 4.45. The van der Waals surface area contributed by atoms with Gasteiger partial charge in [-0.15, -0.1) is 24.8 Å². The van der Waals surface area contributed by atoms with Crippen molar-refractivity contribution in [3.05, 3.63) is 66.9 Å². The highest BCUT2D eigenvalue weighted by molar-refractivity contribution is 5.85. The minimum absolute atomic E-state index is 0. The van der Waals surface area contributed by atoms with E-state index in [2.05, 4.69) is 27.1 Å². The molecule has 0 spiro atoms. The van der Waals surface area contributed by atoms with Crippen LogP contribution in [-0.4, -0.2) is 22.6 Å². The summed E-state index contributed by atoms with van der Waals surface area (Å²) in [5, 5.41) is 3.31. The second-order valence-corrected chi connectivity index (χ2v) is 5.54. The number of aromatic nitrogens is 2. The van der Waals surface area contributed by atoms with Crippen molar-refractivity contribution in [3.63, 3.8) is 0 Å². The van der Waals surface area contributed by atoms with Gasteiger partial charge in [0, 0.05) is 42.8 Å². The van der Waals surface area contributed by atoms with Gasteiger partial charge in [0.1, 0.15) is 5.82 Å². The zero-order chi connectivity index (χ0) is 14.9. The third-order valence-corrected chi connectivity index (χ3v) is 4.18. The zero-order valence-electron chi connectivity index (χ0n) is 12.9. The molecule has 3 nitrogen and oxygen atoms in total. The van der Waals surface area contributed by atoms with Crippen LogP contribution in [0.3, 0.4) is 0 Å². The molecule has 0 radical (unpaired) electrons. The summed E-state index contributed by atoms with van der Waals surface area (Å²) < 4.78 is 15.5. The average Bonchev–Trinajstić information content (AvgIpc) is 2.91. The average molecular weight is 366 g/mol. The van der Waals surface area contributed by atoms with Crippen molar-refractivity contribution in [2.24, 2.45) is 0 Å². The summed E-state index contributed by atoms with van der Waals surface area (Å²) in [6, 6.07) is 13.3. The normalized spacial score (nSPS) is 13.5. The molecule has 1 saturated heterocycles. The van der Waals surface area contributed by atoms with Crippen LogP contribution in [0.15, 0.2) is 61.1 Å². The van der Waals surface area contributed by atoms with Gasteiger partial charge in [0.25, 0.3) is 0 Å². The summed E-state index contributed by atoms with van der Waals surface area (Å²) in [4.78, 5) is 4.11. The van der Waals surface area contributed by atoms with E-state index in [0.717, 1.165) is 29.8 Å². The molecule has 1 fully saturated rings. The summed E-state index contributed by atoms with van der Waals surface area (Å²) in [6.07, 6.45) is 5.74. The van der Waals surface area contributed by atoms with Gasteiger partial charge >= 0.3 is 0 Å². The van der Waals surface area contributed by atoms with Gasteiger partial charge in [-0.25, -0.2) is 4.39 Å². The van der Waals surface area contributed by atoms with Crippen molar-refractivity contribution < 1.29 is 4.39 Å². The monoisotopic (exact) mass is 365 g/mol. The second kappa shape index (κ2) is 7.79. The van der Waals surface area contributed by atoms with E-state index in [1.807, 2.05) is 24.3 Å². The largest absolute Gasteiger partial charge is 0.341 e. The maximum atomic E-state index is 13.2. The number of rotatable bonds is 3. The Labute approximate surface area is 152 Å². The zero-order valence-corrected chi connectivity index (χ0v) is 14.5. The molecule has 24 heavy (non-hydrogen) atoms. The standard InChI is InChI=1S/C18H16FN3.2ClH/c19-15-3-1-13(2-4-15)17-7-10-22(16-11-21-12-16)18(17)14-5-8-20-9-6-14;;/h1-10,16,21H,11-12H2;2*1H. The third kappa shape index (κ3) is 3.31. The van der Waals surface area contributed by atoms with Gasteiger partial charge in [0.05, 0.1) is 11.7 Å². The van der Waals surface area contributed by atoms with E-state index in [4.69, 9.17) is 0 Å².